The number of amides is 1. The number of piperazine rings is 1. The first-order valence-corrected chi connectivity index (χ1v) is 10.2. The van der Waals surface area contributed by atoms with Crippen LogP contribution in [0.1, 0.15) is 39.0 Å². The number of ketones is 1. The van der Waals surface area contributed by atoms with Gasteiger partial charge in [0.15, 0.2) is 5.78 Å². The zero-order chi connectivity index (χ0) is 19.8. The minimum absolute atomic E-state index is 0.0842. The van der Waals surface area contributed by atoms with Crippen molar-refractivity contribution < 1.29 is 18.0 Å². The summed E-state index contributed by atoms with van der Waals surface area (Å²) < 4.78 is 26.8. The number of rotatable bonds is 4. The molecule has 1 aliphatic heterocycles. The first-order chi connectivity index (χ1) is 12.7. The Hall–Kier alpha value is -2.45. The summed E-state index contributed by atoms with van der Waals surface area (Å²) in [6.45, 7) is 6.08. The van der Waals surface area contributed by atoms with E-state index in [2.05, 4.69) is 4.98 Å². The van der Waals surface area contributed by atoms with Crippen molar-refractivity contribution in [3.8, 4) is 0 Å². The Morgan fingerprint density at radius 2 is 1.59 bits per heavy atom. The maximum Gasteiger partial charge on any atom is 0.270 e. The fraction of sp³-hybridized carbons (Fsp3) is 0.368. The molecule has 0 bridgehead atoms. The van der Waals surface area contributed by atoms with Crippen LogP contribution in [0.4, 0.5) is 0 Å². The molecule has 144 valence electrons. The number of H-pyrrole nitrogens is 1. The second kappa shape index (κ2) is 7.28. The molecule has 2 aromatic rings. The van der Waals surface area contributed by atoms with Crippen molar-refractivity contribution in [2.75, 3.05) is 26.2 Å². The van der Waals surface area contributed by atoms with Gasteiger partial charge in [0.1, 0.15) is 5.69 Å². The predicted octanol–water partition coefficient (Wildman–Crippen LogP) is 1.98. The van der Waals surface area contributed by atoms with Crippen molar-refractivity contribution in [3.05, 3.63) is 52.8 Å². The maximum absolute atomic E-state index is 12.9. The molecule has 1 aromatic carbocycles. The summed E-state index contributed by atoms with van der Waals surface area (Å²) in [7, 11) is -3.55. The average molecular weight is 389 g/mol. The molecule has 1 aliphatic rings. The third kappa shape index (κ3) is 3.54. The molecule has 1 aromatic heterocycles. The summed E-state index contributed by atoms with van der Waals surface area (Å²) >= 11 is 0. The summed E-state index contributed by atoms with van der Waals surface area (Å²) in [4.78, 5) is 29.5. The van der Waals surface area contributed by atoms with E-state index in [1.54, 1.807) is 49.1 Å². The van der Waals surface area contributed by atoms with Crippen LogP contribution >= 0.6 is 0 Å². The lowest BCUT2D eigenvalue weighted by atomic mass is 10.1. The van der Waals surface area contributed by atoms with Gasteiger partial charge in [-0.15, -0.1) is 0 Å². The lowest BCUT2D eigenvalue weighted by molar-refractivity contribution is 0.0691. The summed E-state index contributed by atoms with van der Waals surface area (Å²) in [6.07, 6.45) is 0. The topological polar surface area (TPSA) is 90.6 Å². The molecular weight excluding hydrogens is 366 g/mol. The Kier molecular flexibility index (Phi) is 5.21. The molecule has 0 unspecified atom stereocenters. The SMILES string of the molecule is CC(=O)c1c(C)[nH]c(C(=O)N2CCN(S(=O)(=O)c3ccccc3)CC2)c1C. The fourth-order valence-electron chi connectivity index (χ4n) is 3.52. The third-order valence-electron chi connectivity index (χ3n) is 4.91. The molecule has 3 rings (SSSR count). The van der Waals surface area contributed by atoms with Crippen LogP contribution in [0.2, 0.25) is 0 Å². The molecule has 1 fully saturated rings. The number of aryl methyl sites for hydroxylation is 1. The minimum Gasteiger partial charge on any atom is -0.354 e. The van der Waals surface area contributed by atoms with Gasteiger partial charge in [0.2, 0.25) is 10.0 Å². The van der Waals surface area contributed by atoms with Crippen molar-refractivity contribution in [1.29, 1.82) is 0 Å². The number of benzene rings is 1. The molecular formula is C19H23N3O4S. The Bertz CT molecular complexity index is 972. The molecule has 0 aliphatic carbocycles. The number of carbonyl (C=O) groups excluding carboxylic acids is 2. The van der Waals surface area contributed by atoms with Crippen LogP contribution < -0.4 is 0 Å². The Morgan fingerprint density at radius 1 is 1.00 bits per heavy atom. The molecule has 0 saturated carbocycles. The third-order valence-corrected chi connectivity index (χ3v) is 6.82. The van der Waals surface area contributed by atoms with Gasteiger partial charge >= 0.3 is 0 Å². The van der Waals surface area contributed by atoms with Crippen LogP contribution in [0, 0.1) is 13.8 Å². The first kappa shape index (κ1) is 19.3. The zero-order valence-electron chi connectivity index (χ0n) is 15.7. The quantitative estimate of drug-likeness (QED) is 0.810. The molecule has 2 heterocycles. The van der Waals surface area contributed by atoms with Gasteiger partial charge in [0.05, 0.1) is 4.90 Å². The number of aromatic amines is 1. The van der Waals surface area contributed by atoms with E-state index in [1.165, 1.54) is 11.2 Å². The number of aromatic nitrogens is 1. The second-order valence-electron chi connectivity index (χ2n) is 6.69. The highest BCUT2D eigenvalue weighted by Gasteiger charge is 2.31. The van der Waals surface area contributed by atoms with Crippen molar-refractivity contribution in [1.82, 2.24) is 14.2 Å². The normalized spacial score (nSPS) is 15.7. The van der Waals surface area contributed by atoms with Crippen molar-refractivity contribution in [2.24, 2.45) is 0 Å². The minimum atomic E-state index is -3.55. The molecule has 1 saturated heterocycles. The summed E-state index contributed by atoms with van der Waals surface area (Å²) in [5, 5.41) is 0. The van der Waals surface area contributed by atoms with Gasteiger partial charge in [-0.2, -0.15) is 4.31 Å². The van der Waals surface area contributed by atoms with Crippen LogP contribution in [0.5, 0.6) is 0 Å². The van der Waals surface area contributed by atoms with Gasteiger partial charge in [-0.3, -0.25) is 9.59 Å². The van der Waals surface area contributed by atoms with Gasteiger partial charge in [-0.1, -0.05) is 18.2 Å². The van der Waals surface area contributed by atoms with E-state index < -0.39 is 10.0 Å². The molecule has 7 nitrogen and oxygen atoms in total. The highest BCUT2D eigenvalue weighted by Crippen LogP contribution is 2.22. The number of carbonyl (C=O) groups is 2. The summed E-state index contributed by atoms with van der Waals surface area (Å²) in [6, 6.07) is 8.29. The van der Waals surface area contributed by atoms with Crippen LogP contribution in [0.15, 0.2) is 35.2 Å². The van der Waals surface area contributed by atoms with E-state index >= 15 is 0 Å². The van der Waals surface area contributed by atoms with Gasteiger partial charge in [0.25, 0.3) is 5.91 Å². The summed E-state index contributed by atoms with van der Waals surface area (Å²) in [5.74, 6) is -0.293. The number of nitrogens with one attached hydrogen (secondary N) is 1. The lowest BCUT2D eigenvalue weighted by Crippen LogP contribution is -2.50. The molecule has 1 amide bonds. The largest absolute Gasteiger partial charge is 0.354 e. The standard InChI is InChI=1S/C19H23N3O4S/c1-13-17(15(3)23)14(2)20-18(13)19(24)21-9-11-22(12-10-21)27(25,26)16-7-5-4-6-8-16/h4-8,20H,9-12H2,1-3H3. The Morgan fingerprint density at radius 3 is 2.11 bits per heavy atom. The van der Waals surface area contributed by atoms with E-state index in [4.69, 9.17) is 0 Å². The van der Waals surface area contributed by atoms with Crippen molar-refractivity contribution in [2.45, 2.75) is 25.7 Å². The molecule has 8 heteroatoms. The van der Waals surface area contributed by atoms with E-state index in [-0.39, 0.29) is 29.7 Å². The Balaban J connectivity index is 1.74. The van der Waals surface area contributed by atoms with E-state index in [1.807, 2.05) is 0 Å². The van der Waals surface area contributed by atoms with Gasteiger partial charge in [-0.05, 0) is 38.5 Å². The van der Waals surface area contributed by atoms with Crippen molar-refractivity contribution >= 4 is 21.7 Å². The molecule has 0 spiro atoms. The van der Waals surface area contributed by atoms with Crippen LogP contribution in [-0.4, -0.2) is 60.5 Å². The van der Waals surface area contributed by atoms with Gasteiger partial charge < -0.3 is 9.88 Å². The van der Waals surface area contributed by atoms with Gasteiger partial charge in [0, 0.05) is 37.4 Å². The number of sulfonamides is 1. The molecule has 0 atom stereocenters. The molecule has 27 heavy (non-hydrogen) atoms. The molecule has 1 N–H and O–H groups in total. The fourth-order valence-corrected chi connectivity index (χ4v) is 4.97. The smallest absolute Gasteiger partial charge is 0.270 e. The second-order valence-corrected chi connectivity index (χ2v) is 8.63. The first-order valence-electron chi connectivity index (χ1n) is 8.78. The van der Waals surface area contributed by atoms with Crippen molar-refractivity contribution in [3.63, 3.8) is 0 Å². The number of hydrogen-bond acceptors (Lipinski definition) is 4. The van der Waals surface area contributed by atoms with Crippen LogP contribution in [-0.2, 0) is 10.0 Å². The van der Waals surface area contributed by atoms with E-state index in [0.29, 0.717) is 35.6 Å². The average Bonchev–Trinajstić information content (AvgIpc) is 2.96. The monoisotopic (exact) mass is 389 g/mol. The van der Waals surface area contributed by atoms with Gasteiger partial charge in [-0.25, -0.2) is 8.42 Å². The highest BCUT2D eigenvalue weighted by atomic mass is 32.2. The maximum atomic E-state index is 12.9. The predicted molar refractivity (Wildman–Crippen MR) is 101 cm³/mol. The number of hydrogen-bond donors (Lipinski definition) is 1. The zero-order valence-corrected chi connectivity index (χ0v) is 16.5. The number of Topliss-reactive ketones (excluding diaryl/α,β-unsaturated/α-hetero) is 1. The summed E-state index contributed by atoms with van der Waals surface area (Å²) in [5.41, 5.74) is 2.26. The van der Waals surface area contributed by atoms with Crippen LogP contribution in [0.3, 0.4) is 0 Å². The van der Waals surface area contributed by atoms with E-state index in [0.717, 1.165) is 0 Å². The Labute approximate surface area is 159 Å². The number of nitrogens with zero attached hydrogens (tertiary/aromatic N) is 2. The lowest BCUT2D eigenvalue weighted by Gasteiger charge is -2.34. The van der Waals surface area contributed by atoms with E-state index in [9.17, 15) is 18.0 Å². The molecule has 0 radical (unpaired) electrons. The van der Waals surface area contributed by atoms with Crippen LogP contribution in [0.25, 0.3) is 0 Å². The highest BCUT2D eigenvalue weighted by molar-refractivity contribution is 7.89.